The van der Waals surface area contributed by atoms with E-state index in [1.54, 1.807) is 0 Å². The minimum absolute atomic E-state index is 0. The molecule has 0 spiro atoms. The van der Waals surface area contributed by atoms with Crippen molar-refractivity contribution in [2.24, 2.45) is 0 Å². The number of ether oxygens (including phenoxy) is 1. The Morgan fingerprint density at radius 3 is 2.43 bits per heavy atom. The van der Waals surface area contributed by atoms with Gasteiger partial charge in [-0.2, -0.15) is 0 Å². The predicted molar refractivity (Wildman–Crippen MR) is 21.9 cm³/mol. The zero-order valence-electron chi connectivity index (χ0n) is 4.31. The van der Waals surface area contributed by atoms with Gasteiger partial charge in [0, 0.05) is 39.3 Å². The van der Waals surface area contributed by atoms with Gasteiger partial charge in [0.1, 0.15) is 0 Å². The molecular weight excluding hydrogens is 169 g/mol. The van der Waals surface area contributed by atoms with Crippen LogP contribution in [0, 0.1) is 0 Å². The van der Waals surface area contributed by atoms with Crippen molar-refractivity contribution in [2.75, 3.05) is 6.61 Å². The maximum absolute atomic E-state index is 9.22. The first kappa shape index (κ1) is 10.5. The van der Waals surface area contributed by atoms with Crippen LogP contribution in [-0.2, 0) is 42.2 Å². The molecule has 0 saturated heterocycles. The van der Waals surface area contributed by atoms with Crippen molar-refractivity contribution in [1.29, 1.82) is 0 Å². The second-order valence-corrected chi connectivity index (χ2v) is 0.932. The molecule has 0 aromatic rings. The third kappa shape index (κ3) is 10.8. The Balaban J connectivity index is 0. The molecule has 0 bridgehead atoms. The third-order valence-corrected chi connectivity index (χ3v) is 0.365. The van der Waals surface area contributed by atoms with Crippen molar-refractivity contribution in [3.05, 3.63) is 0 Å². The van der Waals surface area contributed by atoms with E-state index in [2.05, 4.69) is 4.74 Å². The van der Waals surface area contributed by atoms with Gasteiger partial charge in [0.05, 0.1) is 0 Å². The standard InChI is InChI=1S/C4H7O2.Y/c1-2-3-6-4-5;/h2-3H2,1H3;/q-1;. The average Bonchev–Trinajstić information content (AvgIpc) is 1.61. The molecular formula is C4H7O2Y-. The molecule has 0 amide bonds. The summed E-state index contributed by atoms with van der Waals surface area (Å²) >= 11 is 0. The van der Waals surface area contributed by atoms with Crippen LogP contribution in [0.4, 0.5) is 0 Å². The zero-order valence-corrected chi connectivity index (χ0v) is 7.15. The Hall–Kier alpha value is 0.574. The van der Waals surface area contributed by atoms with Crippen LogP contribution < -0.4 is 0 Å². The van der Waals surface area contributed by atoms with Crippen molar-refractivity contribution in [3.63, 3.8) is 0 Å². The molecule has 0 saturated carbocycles. The first-order chi connectivity index (χ1) is 2.91. The number of hydrogen-bond acceptors (Lipinski definition) is 2. The molecule has 0 heterocycles. The monoisotopic (exact) mass is 176 g/mol. The van der Waals surface area contributed by atoms with Gasteiger partial charge in [-0.05, 0) is 6.42 Å². The molecule has 0 aromatic carbocycles. The van der Waals surface area contributed by atoms with Crippen LogP contribution in [0.3, 0.4) is 0 Å². The maximum atomic E-state index is 9.22. The summed E-state index contributed by atoms with van der Waals surface area (Å²) in [6.07, 6.45) is 0.870. The summed E-state index contributed by atoms with van der Waals surface area (Å²) in [6, 6.07) is 0. The van der Waals surface area contributed by atoms with E-state index in [4.69, 9.17) is 0 Å². The second-order valence-electron chi connectivity index (χ2n) is 0.932. The van der Waals surface area contributed by atoms with Gasteiger partial charge in [0.15, 0.2) is 0 Å². The van der Waals surface area contributed by atoms with Crippen molar-refractivity contribution in [3.8, 4) is 0 Å². The Labute approximate surface area is 68.5 Å². The summed E-state index contributed by atoms with van der Waals surface area (Å²) in [4.78, 5) is 9.22. The number of rotatable bonds is 3. The van der Waals surface area contributed by atoms with Gasteiger partial charge in [-0.1, -0.05) is 13.4 Å². The van der Waals surface area contributed by atoms with Gasteiger partial charge in [-0.25, -0.2) is 0 Å². The first-order valence-corrected chi connectivity index (χ1v) is 1.90. The minimum Gasteiger partial charge on any atom is -0.653 e. The summed E-state index contributed by atoms with van der Waals surface area (Å²) in [7, 11) is 0. The molecule has 0 N–H and O–H groups in total. The number of hydrogen-bond donors (Lipinski definition) is 0. The van der Waals surface area contributed by atoms with E-state index in [0.29, 0.717) is 6.61 Å². The van der Waals surface area contributed by atoms with Crippen molar-refractivity contribution in [2.45, 2.75) is 13.3 Å². The quantitative estimate of drug-likeness (QED) is 0.461. The Kier molecular flexibility index (Phi) is 14.7. The normalized spacial score (nSPS) is 6.43. The van der Waals surface area contributed by atoms with E-state index in [1.165, 1.54) is 6.47 Å². The third-order valence-electron chi connectivity index (χ3n) is 0.365. The molecule has 0 aliphatic rings. The molecule has 0 atom stereocenters. The summed E-state index contributed by atoms with van der Waals surface area (Å²) in [6.45, 7) is 3.74. The Morgan fingerprint density at radius 2 is 2.29 bits per heavy atom. The van der Waals surface area contributed by atoms with Gasteiger partial charge in [-0.3, -0.25) is 0 Å². The fourth-order valence-corrected chi connectivity index (χ4v) is 0.144. The fraction of sp³-hybridized carbons (Fsp3) is 0.750. The fourth-order valence-electron chi connectivity index (χ4n) is 0.144. The van der Waals surface area contributed by atoms with Crippen molar-refractivity contribution >= 4 is 6.47 Å². The zero-order chi connectivity index (χ0) is 4.83. The molecule has 2 nitrogen and oxygen atoms in total. The van der Waals surface area contributed by atoms with Crippen LogP contribution in [0.2, 0.25) is 0 Å². The first-order valence-electron chi connectivity index (χ1n) is 1.90. The van der Waals surface area contributed by atoms with Gasteiger partial charge < -0.3 is 9.53 Å². The van der Waals surface area contributed by atoms with Crippen LogP contribution in [-0.4, -0.2) is 13.1 Å². The molecule has 7 heavy (non-hydrogen) atoms. The van der Waals surface area contributed by atoms with Gasteiger partial charge in [-0.15, -0.1) is 0 Å². The molecule has 0 aromatic heterocycles. The van der Waals surface area contributed by atoms with Crippen LogP contribution in [0.5, 0.6) is 0 Å². The molecule has 0 fully saturated rings. The van der Waals surface area contributed by atoms with Crippen LogP contribution in [0.25, 0.3) is 0 Å². The van der Waals surface area contributed by atoms with E-state index in [1.807, 2.05) is 6.92 Å². The maximum Gasteiger partial charge on any atom is 0.0477 e. The minimum atomic E-state index is 0. The SMILES string of the molecule is CCCO[C-]=O.[Y]. The molecule has 0 unspecified atom stereocenters. The smallest absolute Gasteiger partial charge is 0.0477 e. The van der Waals surface area contributed by atoms with E-state index >= 15 is 0 Å². The molecule has 1 radical (unpaired) electrons. The summed E-state index contributed by atoms with van der Waals surface area (Å²) < 4.78 is 4.18. The molecule has 39 valence electrons. The van der Waals surface area contributed by atoms with Gasteiger partial charge in [0.2, 0.25) is 0 Å². The van der Waals surface area contributed by atoms with Gasteiger partial charge >= 0.3 is 0 Å². The Bertz CT molecular complexity index is 38.7. The number of carbonyl (C=O) groups excluding carboxylic acids is 1. The summed E-state index contributed by atoms with van der Waals surface area (Å²) in [5.41, 5.74) is 0. The molecule has 0 aliphatic heterocycles. The molecule has 0 aliphatic carbocycles. The average molecular weight is 176 g/mol. The van der Waals surface area contributed by atoms with E-state index in [9.17, 15) is 4.79 Å². The van der Waals surface area contributed by atoms with E-state index in [0.717, 1.165) is 6.42 Å². The van der Waals surface area contributed by atoms with Gasteiger partial charge in [0.25, 0.3) is 0 Å². The molecule has 0 rings (SSSR count). The van der Waals surface area contributed by atoms with E-state index in [-0.39, 0.29) is 32.7 Å². The van der Waals surface area contributed by atoms with Crippen LogP contribution in [0.1, 0.15) is 13.3 Å². The Morgan fingerprint density at radius 1 is 1.71 bits per heavy atom. The van der Waals surface area contributed by atoms with E-state index < -0.39 is 0 Å². The molecule has 3 heteroatoms. The van der Waals surface area contributed by atoms with Crippen LogP contribution >= 0.6 is 0 Å². The summed E-state index contributed by atoms with van der Waals surface area (Å²) in [5.74, 6) is 0. The predicted octanol–water partition coefficient (Wildman–Crippen LogP) is 0.478. The largest absolute Gasteiger partial charge is 0.653 e. The topological polar surface area (TPSA) is 26.3 Å². The van der Waals surface area contributed by atoms with Crippen LogP contribution in [0.15, 0.2) is 0 Å². The van der Waals surface area contributed by atoms with Crippen molar-refractivity contribution in [1.82, 2.24) is 0 Å². The van der Waals surface area contributed by atoms with Crippen molar-refractivity contribution < 1.29 is 42.2 Å². The summed E-state index contributed by atoms with van der Waals surface area (Å²) in [5, 5.41) is 0. The second kappa shape index (κ2) is 9.76.